The maximum atomic E-state index is 11.8. The van der Waals surface area contributed by atoms with Crippen molar-refractivity contribution in [3.63, 3.8) is 0 Å². The fourth-order valence-electron chi connectivity index (χ4n) is 1.13. The second-order valence-corrected chi connectivity index (χ2v) is 4.01. The van der Waals surface area contributed by atoms with Gasteiger partial charge in [0.1, 0.15) is 0 Å². The van der Waals surface area contributed by atoms with Gasteiger partial charge in [0.25, 0.3) is 5.56 Å². The van der Waals surface area contributed by atoms with Crippen molar-refractivity contribution in [2.75, 3.05) is 0 Å². The molecule has 0 fully saturated rings. The molecule has 0 aliphatic heterocycles. The second-order valence-electron chi connectivity index (χ2n) is 3.10. The molecule has 0 bridgehead atoms. The van der Waals surface area contributed by atoms with Crippen LogP contribution in [0, 0.1) is 0 Å². The zero-order valence-electron chi connectivity index (χ0n) is 7.72. The number of halogens is 4. The molecule has 0 radical (unpaired) electrons. The van der Waals surface area contributed by atoms with Crippen LogP contribution in [-0.4, -0.2) is 10.7 Å². The van der Waals surface area contributed by atoms with Gasteiger partial charge in [-0.2, -0.15) is 13.2 Å². The van der Waals surface area contributed by atoms with Crippen molar-refractivity contribution in [1.82, 2.24) is 4.57 Å². The lowest BCUT2D eigenvalue weighted by molar-refractivity contribution is -0.135. The number of hydrogen-bond donors (Lipinski definition) is 0. The minimum atomic E-state index is -4.16. The van der Waals surface area contributed by atoms with Crippen molar-refractivity contribution < 1.29 is 13.2 Å². The molecule has 0 spiro atoms. The summed E-state index contributed by atoms with van der Waals surface area (Å²) >= 11 is 3.15. The molecule has 1 aromatic heterocycles. The third-order valence-electron chi connectivity index (χ3n) is 1.81. The van der Waals surface area contributed by atoms with Crippen LogP contribution in [0.5, 0.6) is 0 Å². The fourth-order valence-corrected chi connectivity index (χ4v) is 1.51. The average molecular weight is 284 g/mol. The Hall–Kier alpha value is -0.780. The molecule has 0 N–H and O–H groups in total. The summed E-state index contributed by atoms with van der Waals surface area (Å²) in [4.78, 5) is 11.2. The molecule has 2 nitrogen and oxygen atoms in total. The number of aryl methyl sites for hydroxylation is 1. The Morgan fingerprint density at radius 3 is 2.60 bits per heavy atom. The van der Waals surface area contributed by atoms with Crippen LogP contribution in [-0.2, 0) is 6.54 Å². The van der Waals surface area contributed by atoms with Crippen LogP contribution in [0.15, 0.2) is 27.6 Å². The van der Waals surface area contributed by atoms with Gasteiger partial charge in [-0.1, -0.05) is 0 Å². The van der Waals surface area contributed by atoms with E-state index < -0.39 is 12.6 Å². The first-order chi connectivity index (χ1) is 6.88. The van der Waals surface area contributed by atoms with Crippen molar-refractivity contribution in [2.24, 2.45) is 0 Å². The van der Waals surface area contributed by atoms with E-state index in [4.69, 9.17) is 0 Å². The van der Waals surface area contributed by atoms with Crippen molar-refractivity contribution in [3.05, 3.63) is 33.2 Å². The highest BCUT2D eigenvalue weighted by Gasteiger charge is 2.25. The summed E-state index contributed by atoms with van der Waals surface area (Å²) in [5, 5.41) is 0. The van der Waals surface area contributed by atoms with Gasteiger partial charge in [0.05, 0.1) is 0 Å². The summed E-state index contributed by atoms with van der Waals surface area (Å²) in [5.41, 5.74) is -0.291. The van der Waals surface area contributed by atoms with Crippen molar-refractivity contribution in [2.45, 2.75) is 25.6 Å². The highest BCUT2D eigenvalue weighted by molar-refractivity contribution is 9.10. The second kappa shape index (κ2) is 4.83. The summed E-state index contributed by atoms with van der Waals surface area (Å²) in [6, 6.07) is 2.88. The number of nitrogens with zero attached hydrogens (tertiary/aromatic N) is 1. The van der Waals surface area contributed by atoms with Crippen LogP contribution in [0.25, 0.3) is 0 Å². The monoisotopic (exact) mass is 283 g/mol. The summed E-state index contributed by atoms with van der Waals surface area (Å²) in [6.07, 6.45) is -3.62. The van der Waals surface area contributed by atoms with Crippen LogP contribution in [0.4, 0.5) is 13.2 Å². The number of hydrogen-bond acceptors (Lipinski definition) is 1. The van der Waals surface area contributed by atoms with Gasteiger partial charge in [0, 0.05) is 29.7 Å². The minimum Gasteiger partial charge on any atom is -0.314 e. The van der Waals surface area contributed by atoms with Crippen LogP contribution in [0.1, 0.15) is 12.8 Å². The Morgan fingerprint density at radius 2 is 2.00 bits per heavy atom. The molecule has 0 unspecified atom stereocenters. The zero-order chi connectivity index (χ0) is 11.5. The molecule has 0 atom stereocenters. The molecule has 1 heterocycles. The third kappa shape index (κ3) is 4.51. The molecule has 1 aromatic rings. The molecular formula is C9H9BrF3NO. The van der Waals surface area contributed by atoms with Gasteiger partial charge in [-0.05, 0) is 28.4 Å². The topological polar surface area (TPSA) is 22.0 Å². The summed E-state index contributed by atoms with van der Waals surface area (Å²) in [6.45, 7) is 0.0811. The first kappa shape index (κ1) is 12.3. The molecule has 0 aliphatic carbocycles. The molecule has 15 heavy (non-hydrogen) atoms. The first-order valence-electron chi connectivity index (χ1n) is 4.31. The number of alkyl halides is 3. The van der Waals surface area contributed by atoms with E-state index in [1.54, 1.807) is 6.07 Å². The summed E-state index contributed by atoms with van der Waals surface area (Å²) < 4.78 is 37.5. The lowest BCUT2D eigenvalue weighted by atomic mass is 10.3. The van der Waals surface area contributed by atoms with Gasteiger partial charge < -0.3 is 4.57 Å². The van der Waals surface area contributed by atoms with Crippen LogP contribution >= 0.6 is 15.9 Å². The average Bonchev–Trinajstić information content (AvgIpc) is 2.09. The number of pyridine rings is 1. The predicted octanol–water partition coefficient (Wildman–Crippen LogP) is 2.95. The summed E-state index contributed by atoms with van der Waals surface area (Å²) in [7, 11) is 0. The third-order valence-corrected chi connectivity index (χ3v) is 2.28. The highest BCUT2D eigenvalue weighted by Crippen LogP contribution is 2.21. The molecule has 84 valence electrons. The molecule has 0 saturated heterocycles. The smallest absolute Gasteiger partial charge is 0.314 e. The highest BCUT2D eigenvalue weighted by atomic mass is 79.9. The lowest BCUT2D eigenvalue weighted by Gasteiger charge is -2.07. The Morgan fingerprint density at radius 1 is 1.33 bits per heavy atom. The van der Waals surface area contributed by atoms with Crippen molar-refractivity contribution in [3.8, 4) is 0 Å². The molecule has 1 rings (SSSR count). The normalized spacial score (nSPS) is 11.7. The molecule has 6 heteroatoms. The summed E-state index contributed by atoms with van der Waals surface area (Å²) in [5.74, 6) is 0. The Bertz CT molecular complexity index is 386. The van der Waals surface area contributed by atoms with Gasteiger partial charge in [0.2, 0.25) is 0 Å². The maximum Gasteiger partial charge on any atom is 0.389 e. The molecule has 0 aromatic carbocycles. The Kier molecular flexibility index (Phi) is 3.96. The quantitative estimate of drug-likeness (QED) is 0.836. The van der Waals surface area contributed by atoms with E-state index in [9.17, 15) is 18.0 Å². The van der Waals surface area contributed by atoms with E-state index in [0.29, 0.717) is 4.47 Å². The number of aromatic nitrogens is 1. The van der Waals surface area contributed by atoms with Gasteiger partial charge in [0.15, 0.2) is 0 Å². The van der Waals surface area contributed by atoms with Gasteiger partial charge >= 0.3 is 6.18 Å². The van der Waals surface area contributed by atoms with Crippen molar-refractivity contribution >= 4 is 15.9 Å². The Balaban J connectivity index is 2.58. The fraction of sp³-hybridized carbons (Fsp3) is 0.444. The standard InChI is InChI=1S/C9H9BrF3NO/c10-7-2-3-8(15)14(6-7)5-1-4-9(11,12)13/h2-3,6H,1,4-5H2. The van der Waals surface area contributed by atoms with E-state index in [0.717, 1.165) is 0 Å². The maximum absolute atomic E-state index is 11.8. The predicted molar refractivity (Wildman–Crippen MR) is 53.7 cm³/mol. The van der Waals surface area contributed by atoms with Crippen LogP contribution < -0.4 is 5.56 Å². The zero-order valence-corrected chi connectivity index (χ0v) is 9.31. The van der Waals surface area contributed by atoms with E-state index >= 15 is 0 Å². The van der Waals surface area contributed by atoms with E-state index in [1.165, 1.54) is 16.8 Å². The van der Waals surface area contributed by atoms with Crippen LogP contribution in [0.2, 0.25) is 0 Å². The van der Waals surface area contributed by atoms with Gasteiger partial charge in [-0.15, -0.1) is 0 Å². The molecule has 0 amide bonds. The Labute approximate surface area is 92.8 Å². The van der Waals surface area contributed by atoms with E-state index in [1.807, 2.05) is 0 Å². The molecule has 0 aliphatic rings. The molecular weight excluding hydrogens is 275 g/mol. The largest absolute Gasteiger partial charge is 0.389 e. The van der Waals surface area contributed by atoms with Crippen molar-refractivity contribution in [1.29, 1.82) is 0 Å². The SMILES string of the molecule is O=c1ccc(Br)cn1CCCC(F)(F)F. The minimum absolute atomic E-state index is 0.0811. The van der Waals surface area contributed by atoms with Crippen LogP contribution in [0.3, 0.4) is 0 Å². The van der Waals surface area contributed by atoms with Gasteiger partial charge in [-0.3, -0.25) is 4.79 Å². The first-order valence-corrected chi connectivity index (χ1v) is 5.10. The number of rotatable bonds is 3. The molecule has 0 saturated carbocycles. The van der Waals surface area contributed by atoms with Gasteiger partial charge in [-0.25, -0.2) is 0 Å². The van der Waals surface area contributed by atoms with E-state index in [2.05, 4.69) is 15.9 Å². The lowest BCUT2D eigenvalue weighted by Crippen LogP contribution is -2.19. The van der Waals surface area contributed by atoms with E-state index in [-0.39, 0.29) is 18.5 Å².